The topological polar surface area (TPSA) is 59.2 Å². The first-order valence-electron chi connectivity index (χ1n) is 7.12. The van der Waals surface area contributed by atoms with Gasteiger partial charge in [-0.25, -0.2) is 4.39 Å². The monoisotopic (exact) mass is 310 g/mol. The maximum atomic E-state index is 13.2. The molecule has 0 saturated heterocycles. The highest BCUT2D eigenvalue weighted by Gasteiger charge is 2.28. The zero-order valence-corrected chi connectivity index (χ0v) is 12.2. The van der Waals surface area contributed by atoms with Gasteiger partial charge in [0.05, 0.1) is 17.0 Å². The molecule has 112 valence electrons. The van der Waals surface area contributed by atoms with Crippen molar-refractivity contribution in [3.63, 3.8) is 0 Å². The lowest BCUT2D eigenvalue weighted by Gasteiger charge is -2.15. The Kier molecular flexibility index (Phi) is 4.22. The molecule has 1 saturated carbocycles. The summed E-state index contributed by atoms with van der Waals surface area (Å²) in [7, 11) is 0. The summed E-state index contributed by atoms with van der Waals surface area (Å²) in [5.41, 5.74) is 0.597. The Morgan fingerprint density at radius 1 is 1.24 bits per heavy atom. The summed E-state index contributed by atoms with van der Waals surface area (Å²) in [5, 5.41) is 14.1. The average Bonchev–Trinajstić information content (AvgIpc) is 2.85. The Labute approximate surface area is 126 Å². The fourth-order valence-electron chi connectivity index (χ4n) is 2.71. The van der Waals surface area contributed by atoms with Gasteiger partial charge < -0.3 is 9.63 Å². The highest BCUT2D eigenvalue weighted by Crippen LogP contribution is 2.32. The number of rotatable bonds is 2. The second kappa shape index (κ2) is 6.12. The maximum absolute atomic E-state index is 13.2. The minimum Gasteiger partial charge on any atom is -0.392 e. The standard InChI is InChI=1S/C15H16ClFN2O2/c16-11-8-9(6-7-12(11)17)14-18-15(21-19-14)10-4-2-1-3-5-13(10)20/h6-8,10,13,20H,1-5H2. The normalized spacial score (nSPS) is 23.0. The van der Waals surface area contributed by atoms with Crippen LogP contribution in [0.4, 0.5) is 4.39 Å². The molecule has 4 nitrogen and oxygen atoms in total. The van der Waals surface area contributed by atoms with Crippen LogP contribution in [0, 0.1) is 5.82 Å². The van der Waals surface area contributed by atoms with E-state index < -0.39 is 11.9 Å². The molecule has 0 amide bonds. The molecule has 1 aromatic heterocycles. The third-order valence-corrected chi connectivity index (χ3v) is 4.21. The maximum Gasteiger partial charge on any atom is 0.232 e. The molecular formula is C15H16ClFN2O2. The molecule has 1 aliphatic carbocycles. The highest BCUT2D eigenvalue weighted by atomic mass is 35.5. The molecule has 0 radical (unpaired) electrons. The molecule has 2 atom stereocenters. The van der Waals surface area contributed by atoms with Crippen LogP contribution in [0.3, 0.4) is 0 Å². The van der Waals surface area contributed by atoms with Gasteiger partial charge in [0.15, 0.2) is 0 Å². The third-order valence-electron chi connectivity index (χ3n) is 3.92. The minimum absolute atomic E-state index is 0.0216. The van der Waals surface area contributed by atoms with Gasteiger partial charge in [0.2, 0.25) is 11.7 Å². The molecule has 1 aromatic carbocycles. The fraction of sp³-hybridized carbons (Fsp3) is 0.467. The van der Waals surface area contributed by atoms with Gasteiger partial charge in [-0.1, -0.05) is 36.0 Å². The number of halogens is 2. The quantitative estimate of drug-likeness (QED) is 0.854. The van der Waals surface area contributed by atoms with Crippen molar-refractivity contribution in [1.29, 1.82) is 0 Å². The van der Waals surface area contributed by atoms with Gasteiger partial charge in [0.1, 0.15) is 5.82 Å². The second-order valence-corrected chi connectivity index (χ2v) is 5.80. The van der Waals surface area contributed by atoms with Crippen LogP contribution in [0.2, 0.25) is 5.02 Å². The van der Waals surface area contributed by atoms with Gasteiger partial charge in [-0.3, -0.25) is 0 Å². The van der Waals surface area contributed by atoms with Crippen LogP contribution in [0.15, 0.2) is 22.7 Å². The molecule has 1 N–H and O–H groups in total. The number of benzene rings is 1. The summed E-state index contributed by atoms with van der Waals surface area (Å²) in [6, 6.07) is 4.29. The molecule has 0 spiro atoms. The first-order valence-corrected chi connectivity index (χ1v) is 7.50. The molecule has 2 unspecified atom stereocenters. The Morgan fingerprint density at radius 2 is 2.05 bits per heavy atom. The smallest absolute Gasteiger partial charge is 0.232 e. The Balaban J connectivity index is 1.86. The molecular weight excluding hydrogens is 295 g/mol. The van der Waals surface area contributed by atoms with Crippen molar-refractivity contribution in [3.8, 4) is 11.4 Å². The van der Waals surface area contributed by atoms with Crippen molar-refractivity contribution >= 4 is 11.6 Å². The number of aliphatic hydroxyl groups excluding tert-OH is 1. The molecule has 21 heavy (non-hydrogen) atoms. The summed E-state index contributed by atoms with van der Waals surface area (Å²) in [5.74, 6) is 0.205. The Hall–Kier alpha value is -1.46. The van der Waals surface area contributed by atoms with Gasteiger partial charge in [-0.05, 0) is 31.0 Å². The summed E-state index contributed by atoms with van der Waals surface area (Å²) >= 11 is 5.76. The van der Waals surface area contributed by atoms with E-state index in [0.29, 0.717) is 17.3 Å². The molecule has 6 heteroatoms. The van der Waals surface area contributed by atoms with E-state index in [1.54, 1.807) is 6.07 Å². The van der Waals surface area contributed by atoms with Crippen LogP contribution in [-0.4, -0.2) is 21.4 Å². The Bertz CT molecular complexity index is 632. The molecule has 0 bridgehead atoms. The zero-order valence-electron chi connectivity index (χ0n) is 11.4. The van der Waals surface area contributed by atoms with Gasteiger partial charge >= 0.3 is 0 Å². The number of hydrogen-bond donors (Lipinski definition) is 1. The van der Waals surface area contributed by atoms with Crippen LogP contribution in [0.1, 0.15) is 43.9 Å². The van der Waals surface area contributed by atoms with Crippen molar-refractivity contribution in [2.24, 2.45) is 0 Å². The first-order chi connectivity index (χ1) is 10.1. The molecule has 0 aliphatic heterocycles. The van der Waals surface area contributed by atoms with Crippen LogP contribution < -0.4 is 0 Å². The molecule has 2 aromatic rings. The van der Waals surface area contributed by atoms with E-state index >= 15 is 0 Å². The molecule has 1 heterocycles. The van der Waals surface area contributed by atoms with Gasteiger partial charge in [-0.15, -0.1) is 0 Å². The van der Waals surface area contributed by atoms with Crippen LogP contribution in [-0.2, 0) is 0 Å². The molecule has 3 rings (SSSR count). The van der Waals surface area contributed by atoms with Gasteiger partial charge in [0.25, 0.3) is 0 Å². The van der Waals surface area contributed by atoms with E-state index in [-0.39, 0.29) is 10.9 Å². The third kappa shape index (κ3) is 3.09. The van der Waals surface area contributed by atoms with Crippen molar-refractivity contribution in [2.75, 3.05) is 0 Å². The second-order valence-electron chi connectivity index (χ2n) is 5.40. The van der Waals surface area contributed by atoms with Gasteiger partial charge in [-0.2, -0.15) is 4.98 Å². The lowest BCUT2D eigenvalue weighted by Crippen LogP contribution is -2.17. The van der Waals surface area contributed by atoms with E-state index in [1.807, 2.05) is 0 Å². The van der Waals surface area contributed by atoms with E-state index in [1.165, 1.54) is 12.1 Å². The summed E-state index contributed by atoms with van der Waals surface area (Å²) in [6.07, 6.45) is 4.33. The lowest BCUT2D eigenvalue weighted by atomic mass is 9.97. The minimum atomic E-state index is -0.483. The largest absolute Gasteiger partial charge is 0.392 e. The van der Waals surface area contributed by atoms with Crippen LogP contribution in [0.5, 0.6) is 0 Å². The molecule has 1 fully saturated rings. The SMILES string of the molecule is OC1CCCCCC1c1nc(-c2ccc(F)c(Cl)c2)no1. The highest BCUT2D eigenvalue weighted by molar-refractivity contribution is 6.31. The fourth-order valence-corrected chi connectivity index (χ4v) is 2.89. The number of aromatic nitrogens is 2. The first kappa shape index (κ1) is 14.5. The summed E-state index contributed by atoms with van der Waals surface area (Å²) < 4.78 is 18.5. The van der Waals surface area contributed by atoms with E-state index in [0.717, 1.165) is 32.1 Å². The van der Waals surface area contributed by atoms with Crippen molar-refractivity contribution in [1.82, 2.24) is 10.1 Å². The van der Waals surface area contributed by atoms with E-state index in [4.69, 9.17) is 16.1 Å². The predicted octanol–water partition coefficient (Wildman–Crippen LogP) is 3.94. The predicted molar refractivity (Wildman–Crippen MR) is 76.5 cm³/mol. The number of aliphatic hydroxyl groups is 1. The van der Waals surface area contributed by atoms with Crippen molar-refractivity contribution in [3.05, 3.63) is 34.9 Å². The number of hydrogen-bond acceptors (Lipinski definition) is 4. The van der Waals surface area contributed by atoms with Gasteiger partial charge in [0, 0.05) is 5.56 Å². The van der Waals surface area contributed by atoms with Crippen LogP contribution in [0.25, 0.3) is 11.4 Å². The summed E-state index contributed by atoms with van der Waals surface area (Å²) in [4.78, 5) is 4.35. The van der Waals surface area contributed by atoms with Crippen molar-refractivity contribution < 1.29 is 14.0 Å². The molecule has 1 aliphatic rings. The number of nitrogens with zero attached hydrogens (tertiary/aromatic N) is 2. The van der Waals surface area contributed by atoms with Crippen molar-refractivity contribution in [2.45, 2.75) is 44.1 Å². The summed E-state index contributed by atoms with van der Waals surface area (Å²) in [6.45, 7) is 0. The van der Waals surface area contributed by atoms with E-state index in [2.05, 4.69) is 10.1 Å². The van der Waals surface area contributed by atoms with E-state index in [9.17, 15) is 9.50 Å². The Morgan fingerprint density at radius 3 is 2.86 bits per heavy atom. The zero-order chi connectivity index (χ0) is 14.8. The lowest BCUT2D eigenvalue weighted by molar-refractivity contribution is 0.119. The van der Waals surface area contributed by atoms with Crippen LogP contribution >= 0.6 is 11.6 Å². The average molecular weight is 311 g/mol.